The van der Waals surface area contributed by atoms with E-state index in [0.29, 0.717) is 5.69 Å². The fourth-order valence-corrected chi connectivity index (χ4v) is 2.17. The summed E-state index contributed by atoms with van der Waals surface area (Å²) in [4.78, 5) is 22.4. The smallest absolute Gasteiger partial charge is 0.427 e. The number of aromatic hydroxyl groups is 1. The van der Waals surface area contributed by atoms with Crippen molar-refractivity contribution in [2.75, 3.05) is 0 Å². The van der Waals surface area contributed by atoms with Crippen LogP contribution < -0.4 is 5.76 Å². The van der Waals surface area contributed by atoms with Crippen LogP contribution in [0.1, 0.15) is 0 Å². The second kappa shape index (κ2) is 5.21. The maximum Gasteiger partial charge on any atom is 0.427 e. The molecule has 0 radical (unpaired) electrons. The molecule has 3 rings (SSSR count). The Kier molecular flexibility index (Phi) is 3.23. The molecule has 0 atom stereocenters. The summed E-state index contributed by atoms with van der Waals surface area (Å²) in [6, 6.07) is 14.1. The zero-order chi connectivity index (χ0) is 15.7. The van der Waals surface area contributed by atoms with Crippen molar-refractivity contribution >= 4 is 5.69 Å². The lowest BCUT2D eigenvalue weighted by Gasteiger charge is -2.02. The van der Waals surface area contributed by atoms with Crippen molar-refractivity contribution in [3.63, 3.8) is 0 Å². The van der Waals surface area contributed by atoms with E-state index in [2.05, 4.69) is 0 Å². The number of rotatable bonds is 3. The fourth-order valence-electron chi connectivity index (χ4n) is 2.17. The molecule has 1 aromatic heterocycles. The Hall–Kier alpha value is -3.35. The summed E-state index contributed by atoms with van der Waals surface area (Å²) < 4.78 is 5.98. The van der Waals surface area contributed by atoms with E-state index in [4.69, 9.17) is 4.42 Å². The van der Waals surface area contributed by atoms with Gasteiger partial charge in [0.2, 0.25) is 11.6 Å². The molecule has 0 fully saturated rings. The molecule has 1 heterocycles. The molecule has 1 N–H and O–H groups in total. The van der Waals surface area contributed by atoms with Crippen molar-refractivity contribution in [1.82, 2.24) is 4.57 Å². The standard InChI is InChI=1S/C15H10N2O5/c18-14-13(11-8-4-5-9-12(11)17(20)21)22-15(19)16(14)10-6-2-1-3-7-10/h1-9,18H. The Morgan fingerprint density at radius 1 is 1.05 bits per heavy atom. The first-order valence-electron chi connectivity index (χ1n) is 6.33. The number of hydrogen-bond donors (Lipinski definition) is 1. The fraction of sp³-hybridized carbons (Fsp3) is 0. The maximum atomic E-state index is 12.0. The van der Waals surface area contributed by atoms with Gasteiger partial charge < -0.3 is 9.52 Å². The van der Waals surface area contributed by atoms with Gasteiger partial charge in [-0.3, -0.25) is 10.1 Å². The van der Waals surface area contributed by atoms with Crippen molar-refractivity contribution in [2.24, 2.45) is 0 Å². The van der Waals surface area contributed by atoms with Crippen LogP contribution in [-0.4, -0.2) is 14.6 Å². The number of nitro benzene ring substituents is 1. The highest BCUT2D eigenvalue weighted by molar-refractivity contribution is 5.73. The predicted octanol–water partition coefficient (Wildman–Crippen LogP) is 2.71. The number of benzene rings is 2. The van der Waals surface area contributed by atoms with Crippen LogP contribution in [0.25, 0.3) is 17.0 Å². The number of oxazole rings is 1. The van der Waals surface area contributed by atoms with E-state index in [1.54, 1.807) is 36.4 Å². The minimum atomic E-state index is -0.822. The Morgan fingerprint density at radius 3 is 2.36 bits per heavy atom. The molecule has 0 spiro atoms. The molecule has 0 aliphatic carbocycles. The highest BCUT2D eigenvalue weighted by Gasteiger charge is 2.25. The first-order chi connectivity index (χ1) is 10.6. The predicted molar refractivity (Wildman–Crippen MR) is 78.1 cm³/mol. The third-order valence-corrected chi connectivity index (χ3v) is 3.15. The number of nitrogens with zero attached hydrogens (tertiary/aromatic N) is 2. The lowest BCUT2D eigenvalue weighted by molar-refractivity contribution is -0.384. The molecule has 3 aromatic rings. The van der Waals surface area contributed by atoms with E-state index in [9.17, 15) is 20.0 Å². The Labute approximate surface area is 123 Å². The summed E-state index contributed by atoms with van der Waals surface area (Å²) in [5.41, 5.74) is 0.183. The molecular formula is C15H10N2O5. The largest absolute Gasteiger partial charge is 0.491 e. The van der Waals surface area contributed by atoms with Gasteiger partial charge in [-0.1, -0.05) is 30.3 Å². The van der Waals surface area contributed by atoms with Crippen LogP contribution in [0.3, 0.4) is 0 Å². The summed E-state index contributed by atoms with van der Waals surface area (Å²) in [5.74, 6) is -1.54. The van der Waals surface area contributed by atoms with Crippen LogP contribution >= 0.6 is 0 Å². The summed E-state index contributed by atoms with van der Waals surface area (Å²) in [6.07, 6.45) is 0. The lowest BCUT2D eigenvalue weighted by Crippen LogP contribution is -2.10. The van der Waals surface area contributed by atoms with Gasteiger partial charge in [-0.25, -0.2) is 9.36 Å². The van der Waals surface area contributed by atoms with Gasteiger partial charge in [0.05, 0.1) is 10.6 Å². The first kappa shape index (κ1) is 13.6. The van der Waals surface area contributed by atoms with Crippen LogP contribution in [0.15, 0.2) is 63.8 Å². The average molecular weight is 298 g/mol. The number of para-hydroxylation sites is 2. The van der Waals surface area contributed by atoms with E-state index >= 15 is 0 Å². The second-order valence-corrected chi connectivity index (χ2v) is 4.47. The van der Waals surface area contributed by atoms with Crippen LogP contribution in [-0.2, 0) is 0 Å². The maximum absolute atomic E-state index is 12.0. The number of hydrogen-bond acceptors (Lipinski definition) is 5. The van der Waals surface area contributed by atoms with E-state index in [-0.39, 0.29) is 17.0 Å². The van der Waals surface area contributed by atoms with Crippen LogP contribution in [0.4, 0.5) is 5.69 Å². The van der Waals surface area contributed by atoms with Gasteiger partial charge >= 0.3 is 5.76 Å². The second-order valence-electron chi connectivity index (χ2n) is 4.47. The van der Waals surface area contributed by atoms with Gasteiger partial charge in [-0.2, -0.15) is 0 Å². The summed E-state index contributed by atoms with van der Waals surface area (Å²) in [6.45, 7) is 0. The molecule has 0 amide bonds. The summed E-state index contributed by atoms with van der Waals surface area (Å²) >= 11 is 0. The minimum Gasteiger partial charge on any atom is -0.491 e. The van der Waals surface area contributed by atoms with Crippen molar-refractivity contribution < 1.29 is 14.4 Å². The van der Waals surface area contributed by atoms with E-state index in [1.165, 1.54) is 18.2 Å². The molecule has 22 heavy (non-hydrogen) atoms. The van der Waals surface area contributed by atoms with Crippen LogP contribution in [0.2, 0.25) is 0 Å². The molecule has 0 saturated heterocycles. The highest BCUT2D eigenvalue weighted by Crippen LogP contribution is 2.35. The molecule has 0 aliphatic rings. The molecule has 7 nitrogen and oxygen atoms in total. The number of nitro groups is 1. The van der Waals surface area contributed by atoms with E-state index < -0.39 is 16.6 Å². The quantitative estimate of drug-likeness (QED) is 0.592. The van der Waals surface area contributed by atoms with Crippen molar-refractivity contribution in [3.8, 4) is 22.9 Å². The molecule has 0 saturated carbocycles. The van der Waals surface area contributed by atoms with Gasteiger partial charge in [0, 0.05) is 6.07 Å². The van der Waals surface area contributed by atoms with Crippen LogP contribution in [0.5, 0.6) is 5.88 Å². The van der Waals surface area contributed by atoms with Gasteiger partial charge in [0.25, 0.3) is 5.69 Å². The zero-order valence-electron chi connectivity index (χ0n) is 11.2. The zero-order valence-corrected chi connectivity index (χ0v) is 11.2. The molecule has 2 aromatic carbocycles. The monoisotopic (exact) mass is 298 g/mol. The Bertz CT molecular complexity index is 896. The van der Waals surface area contributed by atoms with Crippen LogP contribution in [0, 0.1) is 10.1 Å². The van der Waals surface area contributed by atoms with Crippen molar-refractivity contribution in [1.29, 1.82) is 0 Å². The topological polar surface area (TPSA) is 98.5 Å². The normalized spacial score (nSPS) is 10.5. The third kappa shape index (κ3) is 2.14. The lowest BCUT2D eigenvalue weighted by atomic mass is 10.1. The number of aromatic nitrogens is 1. The van der Waals surface area contributed by atoms with E-state index in [1.807, 2.05) is 0 Å². The Morgan fingerprint density at radius 2 is 1.68 bits per heavy atom. The van der Waals surface area contributed by atoms with Crippen molar-refractivity contribution in [3.05, 3.63) is 75.3 Å². The average Bonchev–Trinajstić information content (AvgIpc) is 2.83. The Balaban J connectivity index is 2.24. The molecular weight excluding hydrogens is 288 g/mol. The molecule has 0 aliphatic heterocycles. The van der Waals surface area contributed by atoms with Gasteiger partial charge in [0.15, 0.2) is 0 Å². The SMILES string of the molecule is O=c1oc(-c2ccccc2[N+](=O)[O-])c(O)n1-c1ccccc1. The molecule has 0 bridgehead atoms. The molecule has 0 unspecified atom stereocenters. The van der Waals surface area contributed by atoms with Gasteiger partial charge in [-0.15, -0.1) is 0 Å². The highest BCUT2D eigenvalue weighted by atomic mass is 16.6. The third-order valence-electron chi connectivity index (χ3n) is 3.15. The summed E-state index contributed by atoms with van der Waals surface area (Å²) in [5, 5.41) is 21.3. The van der Waals surface area contributed by atoms with E-state index in [0.717, 1.165) is 4.57 Å². The van der Waals surface area contributed by atoms with Gasteiger partial charge in [0.1, 0.15) is 5.56 Å². The molecule has 7 heteroatoms. The van der Waals surface area contributed by atoms with Gasteiger partial charge in [-0.05, 0) is 18.2 Å². The minimum absolute atomic E-state index is 0.0387. The molecule has 110 valence electrons. The summed E-state index contributed by atoms with van der Waals surface area (Å²) in [7, 11) is 0. The first-order valence-corrected chi connectivity index (χ1v) is 6.33. The van der Waals surface area contributed by atoms with Crippen molar-refractivity contribution in [2.45, 2.75) is 0 Å².